The Hall–Kier alpha value is 0. The van der Waals surface area contributed by atoms with E-state index in [0.717, 1.165) is 5.92 Å². The molecule has 0 saturated heterocycles. The second kappa shape index (κ2) is 6.84. The third-order valence-electron chi connectivity index (χ3n) is 6.91. The van der Waals surface area contributed by atoms with Gasteiger partial charge < -0.3 is 0 Å². The Morgan fingerprint density at radius 3 is 1.35 bits per heavy atom. The first kappa shape index (κ1) is 18.1. The normalized spacial score (nSPS) is 25.2. The molecule has 0 amide bonds. The van der Waals surface area contributed by atoms with E-state index >= 15 is 0 Å². The summed E-state index contributed by atoms with van der Waals surface area (Å²) in [7, 11) is 0. The van der Waals surface area contributed by atoms with Crippen LogP contribution in [0.5, 0.6) is 0 Å². The molecule has 0 bridgehead atoms. The van der Waals surface area contributed by atoms with Crippen molar-refractivity contribution in [2.24, 2.45) is 22.2 Å². The Kier molecular flexibility index (Phi) is 6.17. The first-order valence-corrected chi connectivity index (χ1v) is 9.11. The van der Waals surface area contributed by atoms with Crippen LogP contribution in [-0.2, 0) is 0 Å². The lowest BCUT2D eigenvalue weighted by molar-refractivity contribution is 0.0601. The quantitative estimate of drug-likeness (QED) is 0.475. The van der Waals surface area contributed by atoms with E-state index in [9.17, 15) is 0 Å². The Balaban J connectivity index is 0.000000204. The van der Waals surface area contributed by atoms with Gasteiger partial charge in [-0.15, -0.1) is 0 Å². The lowest BCUT2D eigenvalue weighted by Gasteiger charge is -2.45. The second-order valence-corrected chi connectivity index (χ2v) is 9.39. The van der Waals surface area contributed by atoms with Gasteiger partial charge in [0.2, 0.25) is 0 Å². The average Bonchev–Trinajstić information content (AvgIpc) is 2.78. The van der Waals surface area contributed by atoms with Crippen molar-refractivity contribution in [3.63, 3.8) is 0 Å². The fourth-order valence-electron chi connectivity index (χ4n) is 3.84. The van der Waals surface area contributed by atoms with E-state index < -0.39 is 0 Å². The molecule has 0 aromatic rings. The van der Waals surface area contributed by atoms with Gasteiger partial charge in [-0.25, -0.2) is 0 Å². The summed E-state index contributed by atoms with van der Waals surface area (Å²) in [6.07, 6.45) is 13.1. The molecule has 0 atom stereocenters. The van der Waals surface area contributed by atoms with Crippen molar-refractivity contribution in [1.82, 2.24) is 0 Å². The van der Waals surface area contributed by atoms with Crippen LogP contribution in [0, 0.1) is 22.2 Å². The van der Waals surface area contributed by atoms with Crippen molar-refractivity contribution >= 4 is 0 Å². The standard InChI is InChI=1S/C11H22.C9H18/c1-10(2,3)11(4)8-6-5-7-9-11;1-8(2)9(3)6-4-5-7-9/h5-9H2,1-4H3;8H,4-7H2,1-3H3. The Labute approximate surface area is 129 Å². The Morgan fingerprint density at radius 2 is 1.10 bits per heavy atom. The summed E-state index contributed by atoms with van der Waals surface area (Å²) < 4.78 is 0. The van der Waals surface area contributed by atoms with E-state index in [1.807, 2.05) is 0 Å². The summed E-state index contributed by atoms with van der Waals surface area (Å²) in [5, 5.41) is 0. The maximum atomic E-state index is 2.46. The molecule has 2 saturated carbocycles. The smallest absolute Gasteiger partial charge is 0.0277 e. The highest BCUT2D eigenvalue weighted by atomic mass is 14.4. The van der Waals surface area contributed by atoms with Crippen molar-refractivity contribution in [1.29, 1.82) is 0 Å². The van der Waals surface area contributed by atoms with E-state index in [2.05, 4.69) is 48.5 Å². The minimum absolute atomic E-state index is 0.507. The summed E-state index contributed by atoms with van der Waals surface area (Å²) in [6.45, 7) is 16.8. The Morgan fingerprint density at radius 1 is 0.700 bits per heavy atom. The van der Waals surface area contributed by atoms with Crippen LogP contribution < -0.4 is 0 Å². The SMILES string of the molecule is CC(C)(C)C1(C)CCCCC1.CC(C)C1(C)CCCC1. The van der Waals surface area contributed by atoms with Crippen molar-refractivity contribution in [3.8, 4) is 0 Å². The van der Waals surface area contributed by atoms with Gasteiger partial charge in [0.1, 0.15) is 0 Å². The number of rotatable bonds is 1. The van der Waals surface area contributed by atoms with Gasteiger partial charge >= 0.3 is 0 Å². The molecule has 0 aromatic heterocycles. The Bertz CT molecular complexity index is 267. The van der Waals surface area contributed by atoms with Gasteiger partial charge in [-0.2, -0.15) is 0 Å². The molecule has 0 radical (unpaired) electrons. The van der Waals surface area contributed by atoms with Gasteiger partial charge in [-0.3, -0.25) is 0 Å². The van der Waals surface area contributed by atoms with Crippen LogP contribution in [-0.4, -0.2) is 0 Å². The zero-order valence-corrected chi connectivity index (χ0v) is 15.4. The van der Waals surface area contributed by atoms with Crippen LogP contribution in [0.3, 0.4) is 0 Å². The first-order chi connectivity index (χ1) is 9.11. The van der Waals surface area contributed by atoms with Crippen molar-refractivity contribution in [3.05, 3.63) is 0 Å². The second-order valence-electron chi connectivity index (χ2n) is 9.39. The maximum Gasteiger partial charge on any atom is -0.0277 e. The van der Waals surface area contributed by atoms with Gasteiger partial charge in [0.05, 0.1) is 0 Å². The lowest BCUT2D eigenvalue weighted by atomic mass is 9.61. The molecule has 0 aliphatic heterocycles. The molecule has 0 N–H and O–H groups in total. The third kappa shape index (κ3) is 4.50. The molecule has 20 heavy (non-hydrogen) atoms. The van der Waals surface area contributed by atoms with Crippen molar-refractivity contribution < 1.29 is 0 Å². The molecular weight excluding hydrogens is 240 g/mol. The molecule has 2 aliphatic rings. The van der Waals surface area contributed by atoms with Crippen LogP contribution in [0.2, 0.25) is 0 Å². The van der Waals surface area contributed by atoms with Crippen molar-refractivity contribution in [2.45, 2.75) is 106 Å². The van der Waals surface area contributed by atoms with Crippen LogP contribution in [0.25, 0.3) is 0 Å². The van der Waals surface area contributed by atoms with E-state index in [-0.39, 0.29) is 0 Å². The van der Waals surface area contributed by atoms with Crippen LogP contribution in [0.4, 0.5) is 0 Å². The number of hydrogen-bond donors (Lipinski definition) is 0. The van der Waals surface area contributed by atoms with Crippen LogP contribution >= 0.6 is 0 Å². The largest absolute Gasteiger partial charge is 0.0623 e. The lowest BCUT2D eigenvalue weighted by Crippen LogP contribution is -2.34. The highest BCUT2D eigenvalue weighted by molar-refractivity contribution is 4.88. The molecule has 0 unspecified atom stereocenters. The molecule has 2 fully saturated rings. The van der Waals surface area contributed by atoms with Gasteiger partial charge in [-0.05, 0) is 47.8 Å². The minimum atomic E-state index is 0.507. The summed E-state index contributed by atoms with van der Waals surface area (Å²) in [4.78, 5) is 0. The van der Waals surface area contributed by atoms with Crippen molar-refractivity contribution in [2.75, 3.05) is 0 Å². The molecule has 120 valence electrons. The molecule has 0 nitrogen and oxygen atoms in total. The van der Waals surface area contributed by atoms with E-state index in [1.54, 1.807) is 0 Å². The van der Waals surface area contributed by atoms with Gasteiger partial charge in [0, 0.05) is 0 Å². The zero-order valence-electron chi connectivity index (χ0n) is 15.4. The summed E-state index contributed by atoms with van der Waals surface area (Å²) >= 11 is 0. The molecule has 0 spiro atoms. The van der Waals surface area contributed by atoms with Gasteiger partial charge in [0.15, 0.2) is 0 Å². The zero-order chi connectivity index (χ0) is 15.4. The van der Waals surface area contributed by atoms with Gasteiger partial charge in [-0.1, -0.05) is 80.6 Å². The fraction of sp³-hybridized carbons (Fsp3) is 1.00. The van der Waals surface area contributed by atoms with Crippen LogP contribution in [0.15, 0.2) is 0 Å². The monoisotopic (exact) mass is 280 g/mol. The van der Waals surface area contributed by atoms with E-state index in [0.29, 0.717) is 16.2 Å². The summed E-state index contributed by atoms with van der Waals surface area (Å²) in [5.74, 6) is 0.889. The predicted octanol–water partition coefficient (Wildman–Crippen LogP) is 7.23. The molecule has 0 aromatic carbocycles. The molecule has 2 aliphatic carbocycles. The van der Waals surface area contributed by atoms with Gasteiger partial charge in [0.25, 0.3) is 0 Å². The van der Waals surface area contributed by atoms with Crippen LogP contribution in [0.1, 0.15) is 106 Å². The minimum Gasteiger partial charge on any atom is -0.0623 e. The molecular formula is C20H40. The highest BCUT2D eigenvalue weighted by Crippen LogP contribution is 2.48. The number of hydrogen-bond acceptors (Lipinski definition) is 0. The topological polar surface area (TPSA) is 0 Å². The average molecular weight is 281 g/mol. The highest BCUT2D eigenvalue weighted by Gasteiger charge is 2.37. The summed E-state index contributed by atoms with van der Waals surface area (Å²) in [5.41, 5.74) is 1.82. The van der Waals surface area contributed by atoms with E-state index in [4.69, 9.17) is 0 Å². The predicted molar refractivity (Wildman–Crippen MR) is 92.1 cm³/mol. The summed E-state index contributed by atoms with van der Waals surface area (Å²) in [6, 6.07) is 0. The molecule has 2 rings (SSSR count). The molecule has 0 heteroatoms. The third-order valence-corrected chi connectivity index (χ3v) is 6.91. The fourth-order valence-corrected chi connectivity index (χ4v) is 3.84. The van der Waals surface area contributed by atoms with E-state index in [1.165, 1.54) is 57.8 Å². The first-order valence-electron chi connectivity index (χ1n) is 9.11. The molecule has 0 heterocycles. The maximum absolute atomic E-state index is 2.46.